The average molecular weight is 140 g/mol. The van der Waals surface area contributed by atoms with Gasteiger partial charge in [0.15, 0.2) is 0 Å². The molecular formula is C8H12S. The smallest absolute Gasteiger partial charge is 0.00939 e. The summed E-state index contributed by atoms with van der Waals surface area (Å²) >= 11 is 2.04. The predicted octanol–water partition coefficient (Wildman–Crippen LogP) is 2.81. The van der Waals surface area contributed by atoms with Crippen molar-refractivity contribution >= 4 is 11.8 Å². The Morgan fingerprint density at radius 3 is 3.11 bits per heavy atom. The third-order valence-electron chi connectivity index (χ3n) is 2.29. The first kappa shape index (κ1) is 5.84. The van der Waals surface area contributed by atoms with Gasteiger partial charge >= 0.3 is 0 Å². The Morgan fingerprint density at radius 1 is 1.33 bits per heavy atom. The molecule has 0 radical (unpaired) electrons. The SMILES string of the molecule is C1=CC2CCCC(C2)S1. The molecule has 50 valence electrons. The number of hydrogen-bond acceptors (Lipinski definition) is 1. The Balaban J connectivity index is 2.09. The maximum atomic E-state index is 2.39. The number of hydrogen-bond donors (Lipinski definition) is 0. The fourth-order valence-electron chi connectivity index (χ4n) is 1.75. The first-order valence-electron chi connectivity index (χ1n) is 3.77. The van der Waals surface area contributed by atoms with Crippen LogP contribution in [0, 0.1) is 5.92 Å². The highest BCUT2D eigenvalue weighted by Crippen LogP contribution is 2.37. The van der Waals surface area contributed by atoms with Crippen LogP contribution in [0.3, 0.4) is 0 Å². The molecule has 2 bridgehead atoms. The van der Waals surface area contributed by atoms with E-state index in [0.29, 0.717) is 0 Å². The van der Waals surface area contributed by atoms with E-state index in [1.54, 1.807) is 0 Å². The molecule has 1 fully saturated rings. The number of fused-ring (bicyclic) bond motifs is 2. The summed E-state index contributed by atoms with van der Waals surface area (Å²) in [6, 6.07) is 0. The molecule has 2 atom stereocenters. The molecule has 1 heteroatoms. The summed E-state index contributed by atoms with van der Waals surface area (Å²) in [4.78, 5) is 0. The third-order valence-corrected chi connectivity index (χ3v) is 3.42. The molecule has 0 saturated heterocycles. The van der Waals surface area contributed by atoms with Gasteiger partial charge in [-0.2, -0.15) is 0 Å². The summed E-state index contributed by atoms with van der Waals surface area (Å²) in [5, 5.41) is 3.28. The van der Waals surface area contributed by atoms with Gasteiger partial charge in [0.1, 0.15) is 0 Å². The fourth-order valence-corrected chi connectivity index (χ4v) is 2.94. The highest BCUT2D eigenvalue weighted by molar-refractivity contribution is 8.02. The molecule has 0 spiro atoms. The quantitative estimate of drug-likeness (QED) is 0.498. The van der Waals surface area contributed by atoms with Crippen LogP contribution < -0.4 is 0 Å². The second-order valence-corrected chi connectivity index (χ2v) is 4.22. The van der Waals surface area contributed by atoms with Crippen LogP contribution in [-0.2, 0) is 0 Å². The van der Waals surface area contributed by atoms with Crippen molar-refractivity contribution in [2.45, 2.75) is 30.9 Å². The zero-order chi connectivity index (χ0) is 6.10. The van der Waals surface area contributed by atoms with Gasteiger partial charge in [0.05, 0.1) is 0 Å². The van der Waals surface area contributed by atoms with E-state index >= 15 is 0 Å². The summed E-state index contributed by atoms with van der Waals surface area (Å²) in [5.41, 5.74) is 0. The van der Waals surface area contributed by atoms with Crippen LogP contribution in [0.25, 0.3) is 0 Å². The van der Waals surface area contributed by atoms with Crippen molar-refractivity contribution in [1.82, 2.24) is 0 Å². The summed E-state index contributed by atoms with van der Waals surface area (Å²) < 4.78 is 0. The molecule has 1 saturated carbocycles. The van der Waals surface area contributed by atoms with Crippen LogP contribution in [0.2, 0.25) is 0 Å². The number of allylic oxidation sites excluding steroid dienone is 1. The highest BCUT2D eigenvalue weighted by atomic mass is 32.2. The fraction of sp³-hybridized carbons (Fsp3) is 0.750. The van der Waals surface area contributed by atoms with Crippen LogP contribution in [0.4, 0.5) is 0 Å². The summed E-state index contributed by atoms with van der Waals surface area (Å²) in [5.74, 6) is 0.949. The second kappa shape index (κ2) is 2.37. The van der Waals surface area contributed by atoms with E-state index in [1.165, 1.54) is 25.7 Å². The van der Waals surface area contributed by atoms with E-state index in [4.69, 9.17) is 0 Å². The van der Waals surface area contributed by atoms with Crippen molar-refractivity contribution in [2.75, 3.05) is 0 Å². The standard InChI is InChI=1S/C8H12S/c1-2-7-4-5-9-8(3-1)6-7/h4-5,7-8H,1-3,6H2. The molecule has 0 aromatic rings. The van der Waals surface area contributed by atoms with Crippen molar-refractivity contribution in [1.29, 1.82) is 0 Å². The summed E-state index contributed by atoms with van der Waals surface area (Å²) in [6.45, 7) is 0. The Hall–Kier alpha value is 0.0900. The second-order valence-electron chi connectivity index (χ2n) is 3.01. The van der Waals surface area contributed by atoms with Gasteiger partial charge in [-0.25, -0.2) is 0 Å². The maximum absolute atomic E-state index is 2.39. The van der Waals surface area contributed by atoms with E-state index in [0.717, 1.165) is 11.2 Å². The Morgan fingerprint density at radius 2 is 2.33 bits per heavy atom. The first-order valence-corrected chi connectivity index (χ1v) is 4.71. The molecule has 2 aliphatic rings. The molecule has 2 unspecified atom stereocenters. The maximum Gasteiger partial charge on any atom is 0.00939 e. The Bertz CT molecular complexity index is 129. The zero-order valence-electron chi connectivity index (χ0n) is 5.55. The van der Waals surface area contributed by atoms with E-state index in [-0.39, 0.29) is 0 Å². The predicted molar refractivity (Wildman–Crippen MR) is 42.5 cm³/mol. The average Bonchev–Trinajstić information content (AvgIpc) is 1.88. The van der Waals surface area contributed by atoms with Crippen molar-refractivity contribution in [3.63, 3.8) is 0 Å². The van der Waals surface area contributed by atoms with Crippen molar-refractivity contribution in [3.8, 4) is 0 Å². The Labute approximate surface area is 60.7 Å². The van der Waals surface area contributed by atoms with Crippen LogP contribution >= 0.6 is 11.8 Å². The Kier molecular flexibility index (Phi) is 1.54. The van der Waals surface area contributed by atoms with Gasteiger partial charge in [0.2, 0.25) is 0 Å². The zero-order valence-corrected chi connectivity index (χ0v) is 6.36. The van der Waals surface area contributed by atoms with Crippen LogP contribution in [-0.4, -0.2) is 5.25 Å². The van der Waals surface area contributed by atoms with Gasteiger partial charge in [-0.05, 0) is 30.6 Å². The lowest BCUT2D eigenvalue weighted by molar-refractivity contribution is 0.426. The van der Waals surface area contributed by atoms with Crippen LogP contribution in [0.15, 0.2) is 11.5 Å². The van der Waals surface area contributed by atoms with Crippen LogP contribution in [0.1, 0.15) is 25.7 Å². The van der Waals surface area contributed by atoms with Crippen LogP contribution in [0.5, 0.6) is 0 Å². The van der Waals surface area contributed by atoms with Gasteiger partial charge in [0.25, 0.3) is 0 Å². The normalized spacial score (nSPS) is 40.9. The monoisotopic (exact) mass is 140 g/mol. The van der Waals surface area contributed by atoms with Gasteiger partial charge < -0.3 is 0 Å². The minimum absolute atomic E-state index is 0.949. The molecule has 2 rings (SSSR count). The largest absolute Gasteiger partial charge is 0.131 e. The minimum atomic E-state index is 0.949. The number of rotatable bonds is 0. The molecule has 1 heterocycles. The number of thioether (sulfide) groups is 1. The molecule has 0 N–H and O–H groups in total. The lowest BCUT2D eigenvalue weighted by Crippen LogP contribution is -2.17. The van der Waals surface area contributed by atoms with Gasteiger partial charge in [-0.1, -0.05) is 12.5 Å². The minimum Gasteiger partial charge on any atom is -0.131 e. The summed E-state index contributed by atoms with van der Waals surface area (Å²) in [7, 11) is 0. The third kappa shape index (κ3) is 1.16. The van der Waals surface area contributed by atoms with Crippen molar-refractivity contribution < 1.29 is 0 Å². The molecular weight excluding hydrogens is 128 g/mol. The lowest BCUT2D eigenvalue weighted by atomic mass is 9.89. The first-order chi connectivity index (χ1) is 4.45. The van der Waals surface area contributed by atoms with Gasteiger partial charge in [0, 0.05) is 5.25 Å². The molecule has 0 aromatic heterocycles. The molecule has 1 aliphatic carbocycles. The lowest BCUT2D eigenvalue weighted by Gasteiger charge is -2.29. The van der Waals surface area contributed by atoms with E-state index < -0.39 is 0 Å². The van der Waals surface area contributed by atoms with Crippen molar-refractivity contribution in [2.24, 2.45) is 5.92 Å². The molecule has 0 nitrogen and oxygen atoms in total. The van der Waals surface area contributed by atoms with E-state index in [9.17, 15) is 0 Å². The topological polar surface area (TPSA) is 0 Å². The molecule has 1 aliphatic heterocycles. The van der Waals surface area contributed by atoms with E-state index in [1.807, 2.05) is 11.8 Å². The van der Waals surface area contributed by atoms with E-state index in [2.05, 4.69) is 11.5 Å². The molecule has 0 aromatic carbocycles. The highest BCUT2D eigenvalue weighted by Gasteiger charge is 2.22. The molecule has 9 heavy (non-hydrogen) atoms. The van der Waals surface area contributed by atoms with Gasteiger partial charge in [-0.3, -0.25) is 0 Å². The van der Waals surface area contributed by atoms with Gasteiger partial charge in [-0.15, -0.1) is 11.8 Å². The summed E-state index contributed by atoms with van der Waals surface area (Å²) in [6.07, 6.45) is 8.23. The molecule has 0 amide bonds. The van der Waals surface area contributed by atoms with Crippen molar-refractivity contribution in [3.05, 3.63) is 11.5 Å².